The zero-order valence-corrected chi connectivity index (χ0v) is 17.7. The number of benzene rings is 2. The number of hydrogen-bond acceptors (Lipinski definition) is 3. The lowest BCUT2D eigenvalue weighted by molar-refractivity contribution is 0.0785. The maximum atomic E-state index is 12.8. The molecule has 4 rings (SSSR count). The molecular weight excluding hydrogens is 374 g/mol. The molecule has 0 N–H and O–H groups in total. The fourth-order valence-corrected chi connectivity index (χ4v) is 3.45. The summed E-state index contributed by atoms with van der Waals surface area (Å²) in [6.07, 6.45) is 5.33. The second-order valence-electron chi connectivity index (χ2n) is 7.65. The quantitative estimate of drug-likeness (QED) is 0.506. The number of rotatable bonds is 5. The van der Waals surface area contributed by atoms with Gasteiger partial charge in [0.05, 0.1) is 23.1 Å². The molecule has 2 aromatic carbocycles. The van der Waals surface area contributed by atoms with Crippen molar-refractivity contribution in [3.8, 4) is 16.9 Å². The van der Waals surface area contributed by atoms with E-state index in [0.29, 0.717) is 12.1 Å². The summed E-state index contributed by atoms with van der Waals surface area (Å²) in [5.41, 5.74) is 6.93. The third-order valence-electron chi connectivity index (χ3n) is 5.30. The molecule has 0 saturated heterocycles. The van der Waals surface area contributed by atoms with Gasteiger partial charge in [-0.2, -0.15) is 10.2 Å². The van der Waals surface area contributed by atoms with Crippen molar-refractivity contribution in [2.45, 2.75) is 20.4 Å². The standard InChI is InChI=1S/C24H25N5O/c1-17-10-11-19(12-18(17)2)23-21(16-29(26-23)22-8-6-5-7-9-22)14-27(3)24(30)20-13-25-28(4)15-20/h5-13,15-16H,14H2,1-4H3. The summed E-state index contributed by atoms with van der Waals surface area (Å²) >= 11 is 0. The average molecular weight is 399 g/mol. The van der Waals surface area contributed by atoms with Gasteiger partial charge in [0.25, 0.3) is 5.91 Å². The topological polar surface area (TPSA) is 56.0 Å². The first-order valence-corrected chi connectivity index (χ1v) is 9.88. The zero-order valence-electron chi connectivity index (χ0n) is 17.7. The van der Waals surface area contributed by atoms with E-state index in [4.69, 9.17) is 5.10 Å². The molecule has 30 heavy (non-hydrogen) atoms. The minimum Gasteiger partial charge on any atom is -0.337 e. The fourth-order valence-electron chi connectivity index (χ4n) is 3.45. The monoisotopic (exact) mass is 399 g/mol. The minimum absolute atomic E-state index is 0.0680. The van der Waals surface area contributed by atoms with Gasteiger partial charge < -0.3 is 4.90 Å². The van der Waals surface area contributed by atoms with Crippen molar-refractivity contribution >= 4 is 5.91 Å². The normalized spacial score (nSPS) is 10.9. The number of para-hydroxylation sites is 1. The Morgan fingerprint density at radius 2 is 1.80 bits per heavy atom. The van der Waals surface area contributed by atoms with Crippen molar-refractivity contribution in [1.82, 2.24) is 24.5 Å². The number of aryl methyl sites for hydroxylation is 3. The summed E-state index contributed by atoms with van der Waals surface area (Å²) in [5, 5.41) is 8.98. The Bertz CT molecular complexity index is 1190. The second-order valence-corrected chi connectivity index (χ2v) is 7.65. The Kier molecular flexibility index (Phi) is 5.23. The van der Waals surface area contributed by atoms with Gasteiger partial charge in [0.15, 0.2) is 0 Å². The van der Waals surface area contributed by atoms with Crippen LogP contribution >= 0.6 is 0 Å². The van der Waals surface area contributed by atoms with Crippen LogP contribution in [0.2, 0.25) is 0 Å². The van der Waals surface area contributed by atoms with Gasteiger partial charge in [0.2, 0.25) is 0 Å². The van der Waals surface area contributed by atoms with E-state index >= 15 is 0 Å². The largest absolute Gasteiger partial charge is 0.337 e. The fraction of sp³-hybridized carbons (Fsp3) is 0.208. The van der Waals surface area contributed by atoms with E-state index in [-0.39, 0.29) is 5.91 Å². The molecule has 0 radical (unpaired) electrons. The number of aromatic nitrogens is 4. The van der Waals surface area contributed by atoms with Crippen molar-refractivity contribution in [3.63, 3.8) is 0 Å². The van der Waals surface area contributed by atoms with Gasteiger partial charge in [-0.3, -0.25) is 9.48 Å². The van der Waals surface area contributed by atoms with Gasteiger partial charge in [0.1, 0.15) is 0 Å². The lowest BCUT2D eigenvalue weighted by Crippen LogP contribution is -2.26. The predicted molar refractivity (Wildman–Crippen MR) is 117 cm³/mol. The number of hydrogen-bond donors (Lipinski definition) is 0. The van der Waals surface area contributed by atoms with Crippen molar-refractivity contribution in [3.05, 3.63) is 89.4 Å². The summed E-state index contributed by atoms with van der Waals surface area (Å²) in [7, 11) is 3.61. The number of carbonyl (C=O) groups excluding carboxylic acids is 1. The molecule has 0 atom stereocenters. The van der Waals surface area contributed by atoms with Gasteiger partial charge in [-0.05, 0) is 43.2 Å². The van der Waals surface area contributed by atoms with Crippen LogP contribution in [0.1, 0.15) is 27.0 Å². The first-order valence-electron chi connectivity index (χ1n) is 9.88. The summed E-state index contributed by atoms with van der Waals surface area (Å²) in [4.78, 5) is 14.5. The molecule has 2 aromatic heterocycles. The van der Waals surface area contributed by atoms with Gasteiger partial charge in [-0.1, -0.05) is 30.3 Å². The molecule has 0 fully saturated rings. The first-order chi connectivity index (χ1) is 14.4. The highest BCUT2D eigenvalue weighted by molar-refractivity contribution is 5.93. The van der Waals surface area contributed by atoms with Crippen LogP contribution in [-0.2, 0) is 13.6 Å². The minimum atomic E-state index is -0.0680. The summed E-state index contributed by atoms with van der Waals surface area (Å²) in [6.45, 7) is 4.65. The van der Waals surface area contributed by atoms with Crippen LogP contribution in [0.3, 0.4) is 0 Å². The maximum absolute atomic E-state index is 12.8. The Labute approximate surface area is 176 Å². The second kappa shape index (κ2) is 7.99. The molecular formula is C24H25N5O. The molecule has 0 unspecified atom stereocenters. The average Bonchev–Trinajstić information content (AvgIpc) is 3.36. The van der Waals surface area contributed by atoms with Crippen LogP contribution in [0, 0.1) is 13.8 Å². The van der Waals surface area contributed by atoms with E-state index in [2.05, 4.69) is 37.1 Å². The molecule has 0 aliphatic rings. The predicted octanol–water partition coefficient (Wildman–Crippen LogP) is 4.16. The van der Waals surface area contributed by atoms with E-state index in [0.717, 1.165) is 22.5 Å². The first kappa shape index (κ1) is 19.6. The molecule has 6 heteroatoms. The lowest BCUT2D eigenvalue weighted by atomic mass is 10.0. The highest BCUT2D eigenvalue weighted by Crippen LogP contribution is 2.27. The van der Waals surface area contributed by atoms with Crippen molar-refractivity contribution in [2.24, 2.45) is 7.05 Å². The highest BCUT2D eigenvalue weighted by Gasteiger charge is 2.19. The molecule has 0 aliphatic heterocycles. The molecule has 2 heterocycles. The molecule has 1 amide bonds. The zero-order chi connectivity index (χ0) is 21.3. The van der Waals surface area contributed by atoms with E-state index in [9.17, 15) is 4.79 Å². The third-order valence-corrected chi connectivity index (χ3v) is 5.30. The van der Waals surface area contributed by atoms with Crippen LogP contribution < -0.4 is 0 Å². The van der Waals surface area contributed by atoms with E-state index in [1.807, 2.05) is 41.2 Å². The Morgan fingerprint density at radius 3 is 2.47 bits per heavy atom. The lowest BCUT2D eigenvalue weighted by Gasteiger charge is -2.16. The smallest absolute Gasteiger partial charge is 0.257 e. The summed E-state index contributed by atoms with van der Waals surface area (Å²) in [6, 6.07) is 16.4. The molecule has 4 aromatic rings. The van der Waals surface area contributed by atoms with Gasteiger partial charge >= 0.3 is 0 Å². The van der Waals surface area contributed by atoms with Crippen LogP contribution in [0.5, 0.6) is 0 Å². The summed E-state index contributed by atoms with van der Waals surface area (Å²) in [5.74, 6) is -0.0680. The van der Waals surface area contributed by atoms with E-state index in [1.54, 1.807) is 36.1 Å². The van der Waals surface area contributed by atoms with Crippen LogP contribution in [0.4, 0.5) is 0 Å². The summed E-state index contributed by atoms with van der Waals surface area (Å²) < 4.78 is 3.51. The third kappa shape index (κ3) is 3.89. The number of carbonyl (C=O) groups is 1. The number of amides is 1. The van der Waals surface area contributed by atoms with Crippen LogP contribution in [0.25, 0.3) is 16.9 Å². The molecule has 6 nitrogen and oxygen atoms in total. The van der Waals surface area contributed by atoms with Crippen LogP contribution in [-0.4, -0.2) is 37.4 Å². The molecule has 0 aliphatic carbocycles. The van der Waals surface area contributed by atoms with Gasteiger partial charge in [-0.25, -0.2) is 4.68 Å². The highest BCUT2D eigenvalue weighted by atomic mass is 16.2. The van der Waals surface area contributed by atoms with Gasteiger partial charge in [-0.15, -0.1) is 0 Å². The molecule has 0 bridgehead atoms. The number of nitrogens with zero attached hydrogens (tertiary/aromatic N) is 5. The SMILES string of the molecule is Cc1ccc(-c2nn(-c3ccccc3)cc2CN(C)C(=O)c2cnn(C)c2)cc1C. The molecule has 0 spiro atoms. The maximum Gasteiger partial charge on any atom is 0.257 e. The Morgan fingerprint density at radius 1 is 1.03 bits per heavy atom. The Balaban J connectivity index is 1.72. The van der Waals surface area contributed by atoms with Crippen molar-refractivity contribution in [1.29, 1.82) is 0 Å². The van der Waals surface area contributed by atoms with E-state index in [1.165, 1.54) is 11.1 Å². The van der Waals surface area contributed by atoms with Gasteiger partial charge in [0, 0.05) is 44.2 Å². The van der Waals surface area contributed by atoms with Crippen LogP contribution in [0.15, 0.2) is 67.1 Å². The van der Waals surface area contributed by atoms with Crippen molar-refractivity contribution < 1.29 is 4.79 Å². The Hall–Kier alpha value is -3.67. The van der Waals surface area contributed by atoms with E-state index < -0.39 is 0 Å². The van der Waals surface area contributed by atoms with Crippen molar-refractivity contribution in [2.75, 3.05) is 7.05 Å². The molecule has 152 valence electrons. The molecule has 0 saturated carbocycles.